The monoisotopic (exact) mass is 232 g/mol. The predicted molar refractivity (Wildman–Crippen MR) is 77.9 cm³/mol. The number of hydrogen-bond donors (Lipinski definition) is 2. The number of anilines is 1. The first-order valence-electron chi connectivity index (χ1n) is 6.12. The van der Waals surface area contributed by atoms with Crippen LogP contribution in [0, 0.1) is 0 Å². The van der Waals surface area contributed by atoms with Gasteiger partial charge in [-0.3, -0.25) is 0 Å². The van der Waals surface area contributed by atoms with E-state index >= 15 is 0 Å². The maximum atomic E-state index is 5.63. The van der Waals surface area contributed by atoms with Crippen LogP contribution in [-0.2, 0) is 6.42 Å². The van der Waals surface area contributed by atoms with Crippen molar-refractivity contribution in [2.75, 3.05) is 12.3 Å². The molecule has 0 heterocycles. The van der Waals surface area contributed by atoms with Crippen molar-refractivity contribution >= 4 is 5.69 Å². The Kier molecular flexibility index (Phi) is 8.79. The zero-order chi connectivity index (χ0) is 13.1. The van der Waals surface area contributed by atoms with E-state index in [4.69, 9.17) is 11.5 Å². The average Bonchev–Trinajstić information content (AvgIpc) is 2.39. The summed E-state index contributed by atoms with van der Waals surface area (Å²) in [4.78, 5) is 0. The van der Waals surface area contributed by atoms with E-state index in [9.17, 15) is 0 Å². The third-order valence-electron chi connectivity index (χ3n) is 2.23. The van der Waals surface area contributed by atoms with E-state index in [2.05, 4.69) is 24.3 Å². The fraction of sp³-hybridized carbons (Fsp3) is 0.333. The molecule has 94 valence electrons. The predicted octanol–water partition coefficient (Wildman–Crippen LogP) is 3.30. The van der Waals surface area contributed by atoms with Crippen molar-refractivity contribution in [3.8, 4) is 0 Å². The molecule has 0 aliphatic heterocycles. The molecule has 0 atom stereocenters. The van der Waals surface area contributed by atoms with Crippen LogP contribution in [0.2, 0.25) is 0 Å². The zero-order valence-electron chi connectivity index (χ0n) is 11.1. The number of allylic oxidation sites excluding steroid dienone is 3. The molecular formula is C15H24N2. The van der Waals surface area contributed by atoms with Crippen LogP contribution in [0.1, 0.15) is 26.3 Å². The molecule has 2 heteroatoms. The molecule has 1 aromatic rings. The lowest BCUT2D eigenvalue weighted by atomic mass is 10.0. The standard InChI is InChI=1S/C13H18N2.C2H6/c1-2-11(4-3-9-14)10-12-5-7-13(15)8-6-12;1-2/h2-8H,9-10,14-15H2,1H3;1-2H3/b4-3-,11-2+;. The first kappa shape index (κ1) is 15.5. The van der Waals surface area contributed by atoms with Gasteiger partial charge in [0.1, 0.15) is 0 Å². The highest BCUT2D eigenvalue weighted by atomic mass is 14.5. The van der Waals surface area contributed by atoms with Gasteiger partial charge in [-0.15, -0.1) is 0 Å². The van der Waals surface area contributed by atoms with Crippen LogP contribution in [0.15, 0.2) is 48.1 Å². The molecule has 0 amide bonds. The van der Waals surface area contributed by atoms with Gasteiger partial charge in [0.2, 0.25) is 0 Å². The third-order valence-corrected chi connectivity index (χ3v) is 2.23. The maximum Gasteiger partial charge on any atom is 0.0314 e. The zero-order valence-corrected chi connectivity index (χ0v) is 11.1. The van der Waals surface area contributed by atoms with Crippen molar-refractivity contribution in [2.24, 2.45) is 5.73 Å². The van der Waals surface area contributed by atoms with E-state index in [-0.39, 0.29) is 0 Å². The number of hydrogen-bond acceptors (Lipinski definition) is 2. The van der Waals surface area contributed by atoms with Crippen LogP contribution in [0.25, 0.3) is 0 Å². The fourth-order valence-corrected chi connectivity index (χ4v) is 1.35. The summed E-state index contributed by atoms with van der Waals surface area (Å²) in [6.07, 6.45) is 7.05. The van der Waals surface area contributed by atoms with Crippen molar-refractivity contribution in [3.63, 3.8) is 0 Å². The molecule has 0 saturated heterocycles. The normalized spacial score (nSPS) is 11.2. The maximum absolute atomic E-state index is 5.63. The minimum atomic E-state index is 0.582. The summed E-state index contributed by atoms with van der Waals surface area (Å²) in [6.45, 7) is 6.62. The van der Waals surface area contributed by atoms with Crippen molar-refractivity contribution in [1.82, 2.24) is 0 Å². The van der Waals surface area contributed by atoms with E-state index < -0.39 is 0 Å². The number of rotatable bonds is 4. The molecule has 0 radical (unpaired) electrons. The summed E-state index contributed by atoms with van der Waals surface area (Å²) in [5.74, 6) is 0. The largest absolute Gasteiger partial charge is 0.399 e. The number of benzene rings is 1. The molecule has 17 heavy (non-hydrogen) atoms. The Balaban J connectivity index is 0.00000121. The van der Waals surface area contributed by atoms with E-state index in [1.54, 1.807) is 0 Å². The van der Waals surface area contributed by atoms with E-state index in [0.717, 1.165) is 12.1 Å². The van der Waals surface area contributed by atoms with Crippen LogP contribution in [0.4, 0.5) is 5.69 Å². The Hall–Kier alpha value is -1.54. The van der Waals surface area contributed by atoms with Gasteiger partial charge in [-0.05, 0) is 36.6 Å². The Bertz CT molecular complexity index is 348. The Morgan fingerprint density at radius 3 is 2.24 bits per heavy atom. The lowest BCUT2D eigenvalue weighted by Gasteiger charge is -2.02. The second-order valence-corrected chi connectivity index (χ2v) is 3.42. The van der Waals surface area contributed by atoms with E-state index in [1.165, 1.54) is 11.1 Å². The summed E-state index contributed by atoms with van der Waals surface area (Å²) in [5.41, 5.74) is 14.4. The van der Waals surface area contributed by atoms with Gasteiger partial charge in [-0.1, -0.05) is 44.2 Å². The number of nitrogen functional groups attached to an aromatic ring is 1. The lowest BCUT2D eigenvalue weighted by molar-refractivity contribution is 1.17. The van der Waals surface area contributed by atoms with Crippen LogP contribution in [0.5, 0.6) is 0 Å². The van der Waals surface area contributed by atoms with Gasteiger partial charge in [0.25, 0.3) is 0 Å². The highest BCUT2D eigenvalue weighted by molar-refractivity contribution is 5.41. The average molecular weight is 232 g/mol. The van der Waals surface area contributed by atoms with Crippen LogP contribution < -0.4 is 11.5 Å². The van der Waals surface area contributed by atoms with Crippen molar-refractivity contribution < 1.29 is 0 Å². The van der Waals surface area contributed by atoms with Gasteiger partial charge < -0.3 is 11.5 Å². The molecule has 0 bridgehead atoms. The summed E-state index contributed by atoms with van der Waals surface area (Å²) < 4.78 is 0. The summed E-state index contributed by atoms with van der Waals surface area (Å²) in [7, 11) is 0. The van der Waals surface area contributed by atoms with Gasteiger partial charge in [-0.25, -0.2) is 0 Å². The molecule has 0 unspecified atom stereocenters. The second-order valence-electron chi connectivity index (χ2n) is 3.42. The topological polar surface area (TPSA) is 52.0 Å². The lowest BCUT2D eigenvalue weighted by Crippen LogP contribution is -1.94. The van der Waals surface area contributed by atoms with Gasteiger partial charge in [0.05, 0.1) is 0 Å². The Morgan fingerprint density at radius 2 is 1.76 bits per heavy atom. The first-order chi connectivity index (χ1) is 8.26. The quantitative estimate of drug-likeness (QED) is 0.618. The van der Waals surface area contributed by atoms with Crippen molar-refractivity contribution in [2.45, 2.75) is 27.2 Å². The first-order valence-corrected chi connectivity index (χ1v) is 6.12. The minimum absolute atomic E-state index is 0.582. The van der Waals surface area contributed by atoms with Gasteiger partial charge in [-0.2, -0.15) is 0 Å². The molecule has 1 rings (SSSR count). The van der Waals surface area contributed by atoms with Gasteiger partial charge in [0.15, 0.2) is 0 Å². The van der Waals surface area contributed by atoms with Crippen LogP contribution >= 0.6 is 0 Å². The van der Waals surface area contributed by atoms with Crippen LogP contribution in [0.3, 0.4) is 0 Å². The molecule has 0 saturated carbocycles. The van der Waals surface area contributed by atoms with Crippen molar-refractivity contribution in [3.05, 3.63) is 53.6 Å². The molecule has 2 nitrogen and oxygen atoms in total. The second kappa shape index (κ2) is 9.67. The van der Waals surface area contributed by atoms with E-state index in [1.807, 2.05) is 39.0 Å². The van der Waals surface area contributed by atoms with Gasteiger partial charge >= 0.3 is 0 Å². The third kappa shape index (κ3) is 6.59. The fourth-order valence-electron chi connectivity index (χ4n) is 1.35. The van der Waals surface area contributed by atoms with E-state index in [0.29, 0.717) is 6.54 Å². The molecular weight excluding hydrogens is 208 g/mol. The molecule has 0 fully saturated rings. The SMILES string of the molecule is C/C=C(\C=C/CN)Cc1ccc(N)cc1.CC. The molecule has 0 aliphatic carbocycles. The smallest absolute Gasteiger partial charge is 0.0314 e. The van der Waals surface area contributed by atoms with Crippen molar-refractivity contribution in [1.29, 1.82) is 0 Å². The molecule has 0 aliphatic rings. The minimum Gasteiger partial charge on any atom is -0.399 e. The van der Waals surface area contributed by atoms with Crippen LogP contribution in [-0.4, -0.2) is 6.54 Å². The molecule has 0 spiro atoms. The highest BCUT2D eigenvalue weighted by Crippen LogP contribution is 2.11. The highest BCUT2D eigenvalue weighted by Gasteiger charge is 1.95. The van der Waals surface area contributed by atoms with Gasteiger partial charge in [0, 0.05) is 12.2 Å². The molecule has 0 aromatic heterocycles. The summed E-state index contributed by atoms with van der Waals surface area (Å²) in [5, 5.41) is 0. The summed E-state index contributed by atoms with van der Waals surface area (Å²) in [6, 6.07) is 7.95. The summed E-state index contributed by atoms with van der Waals surface area (Å²) >= 11 is 0. The molecule has 4 N–H and O–H groups in total. The number of nitrogens with two attached hydrogens (primary N) is 2. The Morgan fingerprint density at radius 1 is 1.18 bits per heavy atom. The molecule has 1 aromatic carbocycles. The Labute approximate surface area is 105 Å².